The maximum absolute atomic E-state index is 13.3. The Morgan fingerprint density at radius 3 is 2.71 bits per heavy atom. The second kappa shape index (κ2) is 7.51. The molecule has 2 heterocycles. The van der Waals surface area contributed by atoms with Gasteiger partial charge in [-0.05, 0) is 49.9 Å². The molecule has 2 amide bonds. The minimum Gasteiger partial charge on any atom is -0.369 e. The van der Waals surface area contributed by atoms with Crippen LogP contribution < -0.4 is 11.1 Å². The number of nitrogens with zero attached hydrogens (tertiary/aromatic N) is 3. The molecule has 3 N–H and O–H groups in total. The van der Waals surface area contributed by atoms with Crippen LogP contribution >= 0.6 is 11.3 Å². The average molecular weight is 399 g/mol. The Morgan fingerprint density at radius 2 is 1.96 bits per heavy atom. The average Bonchev–Trinajstić information content (AvgIpc) is 3.26. The third-order valence-electron chi connectivity index (χ3n) is 4.59. The van der Waals surface area contributed by atoms with Crippen LogP contribution in [0.4, 0.5) is 9.52 Å². The number of carbonyl (C=O) groups is 2. The molecule has 0 radical (unpaired) electrons. The molecule has 0 saturated heterocycles. The summed E-state index contributed by atoms with van der Waals surface area (Å²) in [7, 11) is 0. The van der Waals surface area contributed by atoms with E-state index in [1.165, 1.54) is 23.5 Å². The van der Waals surface area contributed by atoms with Crippen LogP contribution in [0.3, 0.4) is 0 Å². The summed E-state index contributed by atoms with van der Waals surface area (Å²) in [6.45, 7) is 0. The van der Waals surface area contributed by atoms with E-state index in [0.29, 0.717) is 16.5 Å². The van der Waals surface area contributed by atoms with Gasteiger partial charge in [-0.1, -0.05) is 0 Å². The van der Waals surface area contributed by atoms with Crippen LogP contribution in [0.2, 0.25) is 0 Å². The topological polar surface area (TPSA) is 103 Å². The molecule has 0 atom stereocenters. The summed E-state index contributed by atoms with van der Waals surface area (Å²) in [5.74, 6) is -1.15. The SMILES string of the molecule is NC(=O)Cc1csc(NC(=O)c2nn(-c3ccc(F)cc3)c3c2CCCC3)n1. The Balaban J connectivity index is 1.63. The number of nitrogens with two attached hydrogens (primary N) is 1. The lowest BCUT2D eigenvalue weighted by Gasteiger charge is -2.14. The quantitative estimate of drug-likeness (QED) is 0.688. The van der Waals surface area contributed by atoms with Gasteiger partial charge in [-0.15, -0.1) is 11.3 Å². The number of rotatable bonds is 5. The maximum Gasteiger partial charge on any atom is 0.278 e. The van der Waals surface area contributed by atoms with Crippen molar-refractivity contribution in [1.82, 2.24) is 14.8 Å². The van der Waals surface area contributed by atoms with Gasteiger partial charge in [-0.25, -0.2) is 14.1 Å². The van der Waals surface area contributed by atoms with E-state index in [1.807, 2.05) is 0 Å². The Morgan fingerprint density at radius 1 is 1.21 bits per heavy atom. The number of nitrogens with one attached hydrogen (secondary N) is 1. The third-order valence-corrected chi connectivity index (χ3v) is 5.40. The number of halogens is 1. The molecule has 28 heavy (non-hydrogen) atoms. The fourth-order valence-corrected chi connectivity index (χ4v) is 4.06. The minimum atomic E-state index is -0.477. The van der Waals surface area contributed by atoms with Crippen LogP contribution in [-0.4, -0.2) is 26.6 Å². The highest BCUT2D eigenvalue weighted by Gasteiger charge is 2.26. The van der Waals surface area contributed by atoms with Crippen LogP contribution in [0.5, 0.6) is 0 Å². The number of thiazole rings is 1. The molecule has 1 aliphatic carbocycles. The number of benzene rings is 1. The highest BCUT2D eigenvalue weighted by Crippen LogP contribution is 2.28. The van der Waals surface area contributed by atoms with Crippen LogP contribution in [0, 0.1) is 5.82 Å². The number of fused-ring (bicyclic) bond motifs is 1. The number of hydrogen-bond acceptors (Lipinski definition) is 5. The van der Waals surface area contributed by atoms with Crippen LogP contribution in [0.1, 0.15) is 40.3 Å². The molecule has 0 unspecified atom stereocenters. The molecule has 144 valence electrons. The van der Waals surface area contributed by atoms with Gasteiger partial charge in [-0.3, -0.25) is 14.9 Å². The zero-order chi connectivity index (χ0) is 19.7. The van der Waals surface area contributed by atoms with Crippen molar-refractivity contribution < 1.29 is 14.0 Å². The molecule has 1 aliphatic rings. The van der Waals surface area contributed by atoms with Crippen molar-refractivity contribution in [2.24, 2.45) is 5.73 Å². The van der Waals surface area contributed by atoms with Gasteiger partial charge in [0, 0.05) is 16.6 Å². The molecule has 0 fully saturated rings. The van der Waals surface area contributed by atoms with Crippen molar-refractivity contribution in [3.8, 4) is 5.69 Å². The highest BCUT2D eigenvalue weighted by molar-refractivity contribution is 7.14. The maximum atomic E-state index is 13.3. The van der Waals surface area contributed by atoms with E-state index in [9.17, 15) is 14.0 Å². The first-order chi connectivity index (χ1) is 13.5. The first-order valence-corrected chi connectivity index (χ1v) is 9.80. The van der Waals surface area contributed by atoms with E-state index in [-0.39, 0.29) is 18.1 Å². The van der Waals surface area contributed by atoms with Crippen molar-refractivity contribution in [3.05, 3.63) is 58.1 Å². The minimum absolute atomic E-state index is 0.0287. The Kier molecular flexibility index (Phi) is 4.91. The summed E-state index contributed by atoms with van der Waals surface area (Å²) in [4.78, 5) is 28.1. The van der Waals surface area contributed by atoms with E-state index >= 15 is 0 Å². The molecule has 9 heteroatoms. The largest absolute Gasteiger partial charge is 0.369 e. The van der Waals surface area contributed by atoms with Gasteiger partial charge in [0.25, 0.3) is 5.91 Å². The fraction of sp³-hybridized carbons (Fsp3) is 0.263. The van der Waals surface area contributed by atoms with Crippen molar-refractivity contribution in [1.29, 1.82) is 0 Å². The standard InChI is InChI=1S/C19H18FN5O2S/c20-11-5-7-13(8-6-11)25-15-4-2-1-3-14(15)17(24-25)18(27)23-19-22-12(10-28-19)9-16(21)26/h5-8,10H,1-4,9H2,(H2,21,26)(H,22,23,27). The summed E-state index contributed by atoms with van der Waals surface area (Å²) in [6.07, 6.45) is 3.62. The molecular formula is C19H18FN5O2S. The van der Waals surface area contributed by atoms with E-state index in [2.05, 4.69) is 15.4 Å². The molecule has 7 nitrogen and oxygen atoms in total. The lowest BCUT2D eigenvalue weighted by molar-refractivity contribution is -0.117. The Bertz CT molecular complexity index is 1040. The monoisotopic (exact) mass is 399 g/mol. The van der Waals surface area contributed by atoms with Crippen molar-refractivity contribution in [2.75, 3.05) is 5.32 Å². The first kappa shape index (κ1) is 18.3. The van der Waals surface area contributed by atoms with E-state index < -0.39 is 5.91 Å². The Hall–Kier alpha value is -3.07. The molecule has 0 saturated carbocycles. The van der Waals surface area contributed by atoms with Gasteiger partial charge in [0.2, 0.25) is 5.91 Å². The second-order valence-electron chi connectivity index (χ2n) is 6.61. The van der Waals surface area contributed by atoms with Crippen LogP contribution in [0.25, 0.3) is 5.69 Å². The summed E-state index contributed by atoms with van der Waals surface area (Å²) in [5.41, 5.74) is 8.66. The van der Waals surface area contributed by atoms with E-state index in [1.54, 1.807) is 22.2 Å². The molecule has 0 spiro atoms. The molecule has 4 rings (SSSR count). The fourth-order valence-electron chi connectivity index (χ4n) is 3.36. The summed E-state index contributed by atoms with van der Waals surface area (Å²) in [5, 5.41) is 9.36. The first-order valence-electron chi connectivity index (χ1n) is 8.92. The molecule has 1 aromatic carbocycles. The molecule has 0 bridgehead atoms. The lowest BCUT2D eigenvalue weighted by atomic mass is 9.95. The number of amides is 2. The normalized spacial score (nSPS) is 13.2. The number of hydrogen-bond donors (Lipinski definition) is 2. The lowest BCUT2D eigenvalue weighted by Crippen LogP contribution is -2.16. The molecule has 3 aromatic rings. The predicted octanol–water partition coefficient (Wildman–Crippen LogP) is 2.63. The third kappa shape index (κ3) is 3.65. The van der Waals surface area contributed by atoms with Crippen molar-refractivity contribution in [3.63, 3.8) is 0 Å². The number of anilines is 1. The number of aromatic nitrogens is 3. The summed E-state index contributed by atoms with van der Waals surface area (Å²) < 4.78 is 15.0. The van der Waals surface area contributed by atoms with E-state index in [4.69, 9.17) is 5.73 Å². The predicted molar refractivity (Wildman–Crippen MR) is 103 cm³/mol. The zero-order valence-corrected chi connectivity index (χ0v) is 15.8. The van der Waals surface area contributed by atoms with Crippen molar-refractivity contribution >= 4 is 28.3 Å². The van der Waals surface area contributed by atoms with Gasteiger partial charge in [0.05, 0.1) is 17.8 Å². The van der Waals surface area contributed by atoms with Gasteiger partial charge in [-0.2, -0.15) is 5.10 Å². The molecule has 0 aliphatic heterocycles. The summed E-state index contributed by atoms with van der Waals surface area (Å²) in [6, 6.07) is 6.05. The molecule has 2 aromatic heterocycles. The number of primary amides is 1. The smallest absolute Gasteiger partial charge is 0.278 e. The zero-order valence-electron chi connectivity index (χ0n) is 14.9. The Labute approximate surface area is 164 Å². The van der Waals surface area contributed by atoms with Gasteiger partial charge in [0.15, 0.2) is 10.8 Å². The summed E-state index contributed by atoms with van der Waals surface area (Å²) >= 11 is 1.23. The van der Waals surface area contributed by atoms with Gasteiger partial charge < -0.3 is 5.73 Å². The van der Waals surface area contributed by atoms with Gasteiger partial charge in [0.1, 0.15) is 5.82 Å². The molecular weight excluding hydrogens is 381 g/mol. The van der Waals surface area contributed by atoms with Crippen LogP contribution in [0.15, 0.2) is 29.6 Å². The van der Waals surface area contributed by atoms with Gasteiger partial charge >= 0.3 is 0 Å². The van der Waals surface area contributed by atoms with Crippen LogP contribution in [-0.2, 0) is 24.1 Å². The van der Waals surface area contributed by atoms with Crippen molar-refractivity contribution in [2.45, 2.75) is 32.1 Å². The highest BCUT2D eigenvalue weighted by atomic mass is 32.1. The van der Waals surface area contributed by atoms with E-state index in [0.717, 1.165) is 42.6 Å². The number of carbonyl (C=O) groups excluding carboxylic acids is 2. The second-order valence-corrected chi connectivity index (χ2v) is 7.47.